The van der Waals surface area contributed by atoms with Gasteiger partial charge in [-0.05, 0) is 25.1 Å². The highest BCUT2D eigenvalue weighted by atomic mass is 35.5. The average Bonchev–Trinajstić information content (AvgIpc) is 2.82. The molecule has 6 nitrogen and oxygen atoms in total. The van der Waals surface area contributed by atoms with Crippen LogP contribution in [0.25, 0.3) is 0 Å². The van der Waals surface area contributed by atoms with Gasteiger partial charge in [-0.2, -0.15) is 0 Å². The van der Waals surface area contributed by atoms with Gasteiger partial charge in [-0.25, -0.2) is 4.68 Å². The predicted octanol–water partition coefficient (Wildman–Crippen LogP) is 2.24. The van der Waals surface area contributed by atoms with Gasteiger partial charge in [-0.15, -0.1) is 5.10 Å². The van der Waals surface area contributed by atoms with E-state index >= 15 is 0 Å². The molecular formula is C12H13Cl2N5O. The number of carbonyl (C=O) groups excluding carboxylic acids is 1. The zero-order valence-corrected chi connectivity index (χ0v) is 12.2. The maximum absolute atomic E-state index is 11.9. The Kier molecular flexibility index (Phi) is 4.59. The standard InChI is InChI=1S/C12H13Cl2N5O/c1-7(15)11-5-19(18-17-11)6-12(20)16-10-4-8(13)2-3-9(10)14/h2-5,7H,6,15H2,1H3,(H,16,20). The molecule has 20 heavy (non-hydrogen) atoms. The van der Waals surface area contributed by atoms with Gasteiger partial charge < -0.3 is 11.1 Å². The fourth-order valence-electron chi connectivity index (χ4n) is 1.53. The van der Waals surface area contributed by atoms with Gasteiger partial charge in [0.2, 0.25) is 5.91 Å². The van der Waals surface area contributed by atoms with E-state index in [1.165, 1.54) is 4.68 Å². The number of nitrogens with zero attached hydrogens (tertiary/aromatic N) is 3. The summed E-state index contributed by atoms with van der Waals surface area (Å²) in [5.41, 5.74) is 6.75. The normalized spacial score (nSPS) is 12.2. The van der Waals surface area contributed by atoms with Crippen molar-refractivity contribution in [2.24, 2.45) is 5.73 Å². The molecule has 0 fully saturated rings. The summed E-state index contributed by atoms with van der Waals surface area (Å²) < 4.78 is 1.41. The lowest BCUT2D eigenvalue weighted by molar-refractivity contribution is -0.116. The van der Waals surface area contributed by atoms with Gasteiger partial charge >= 0.3 is 0 Å². The minimum absolute atomic E-state index is 0.0164. The van der Waals surface area contributed by atoms with Crippen LogP contribution >= 0.6 is 23.2 Å². The maximum atomic E-state index is 11.9. The molecule has 8 heteroatoms. The lowest BCUT2D eigenvalue weighted by Crippen LogP contribution is -2.19. The minimum Gasteiger partial charge on any atom is -0.323 e. The molecule has 1 atom stereocenters. The minimum atomic E-state index is -0.282. The molecule has 1 unspecified atom stereocenters. The number of rotatable bonds is 4. The first-order chi connectivity index (χ1) is 9.45. The summed E-state index contributed by atoms with van der Waals surface area (Å²) >= 11 is 11.8. The zero-order chi connectivity index (χ0) is 14.7. The molecule has 2 aromatic rings. The van der Waals surface area contributed by atoms with E-state index in [2.05, 4.69) is 15.6 Å². The van der Waals surface area contributed by atoms with Gasteiger partial charge in [0.15, 0.2) is 0 Å². The van der Waals surface area contributed by atoms with Crippen LogP contribution in [0.3, 0.4) is 0 Å². The van der Waals surface area contributed by atoms with Crippen LogP contribution in [-0.2, 0) is 11.3 Å². The summed E-state index contributed by atoms with van der Waals surface area (Å²) in [6.45, 7) is 1.81. The lowest BCUT2D eigenvalue weighted by atomic mass is 10.3. The molecule has 0 aliphatic rings. The largest absolute Gasteiger partial charge is 0.323 e. The Morgan fingerprint density at radius 3 is 2.90 bits per heavy atom. The number of halogens is 2. The molecule has 106 valence electrons. The van der Waals surface area contributed by atoms with Crippen molar-refractivity contribution in [3.8, 4) is 0 Å². The maximum Gasteiger partial charge on any atom is 0.246 e. The molecule has 0 radical (unpaired) electrons. The lowest BCUT2D eigenvalue weighted by Gasteiger charge is -2.07. The van der Waals surface area contributed by atoms with Crippen molar-refractivity contribution in [3.63, 3.8) is 0 Å². The Morgan fingerprint density at radius 2 is 2.25 bits per heavy atom. The first kappa shape index (κ1) is 14.8. The summed E-state index contributed by atoms with van der Waals surface area (Å²) in [5, 5.41) is 11.3. The van der Waals surface area contributed by atoms with Crippen LogP contribution in [0.1, 0.15) is 18.7 Å². The van der Waals surface area contributed by atoms with Crippen molar-refractivity contribution >= 4 is 34.8 Å². The van der Waals surface area contributed by atoms with Crippen molar-refractivity contribution in [1.82, 2.24) is 15.0 Å². The summed E-state index contributed by atoms with van der Waals surface area (Å²) in [6.07, 6.45) is 1.63. The number of carbonyl (C=O) groups is 1. The summed E-state index contributed by atoms with van der Waals surface area (Å²) in [4.78, 5) is 11.9. The van der Waals surface area contributed by atoms with E-state index in [1.54, 1.807) is 31.3 Å². The van der Waals surface area contributed by atoms with Gasteiger partial charge in [-0.1, -0.05) is 28.4 Å². The number of anilines is 1. The highest BCUT2D eigenvalue weighted by Gasteiger charge is 2.10. The Morgan fingerprint density at radius 1 is 1.50 bits per heavy atom. The number of hydrogen-bond acceptors (Lipinski definition) is 4. The zero-order valence-electron chi connectivity index (χ0n) is 10.7. The third-order valence-corrected chi connectivity index (χ3v) is 3.10. The SMILES string of the molecule is CC(N)c1cn(CC(=O)Nc2cc(Cl)ccc2Cl)nn1. The first-order valence-corrected chi connectivity index (χ1v) is 6.62. The molecular weight excluding hydrogens is 301 g/mol. The second-order valence-electron chi connectivity index (χ2n) is 4.30. The monoisotopic (exact) mass is 313 g/mol. The van der Waals surface area contributed by atoms with Crippen LogP contribution < -0.4 is 11.1 Å². The average molecular weight is 314 g/mol. The molecule has 0 bridgehead atoms. The third kappa shape index (κ3) is 3.69. The fraction of sp³-hybridized carbons (Fsp3) is 0.250. The van der Waals surface area contributed by atoms with Gasteiger partial charge in [-0.3, -0.25) is 4.79 Å². The number of amides is 1. The Balaban J connectivity index is 2.03. The molecule has 1 heterocycles. The number of aromatic nitrogens is 3. The van der Waals surface area contributed by atoms with Crippen LogP contribution in [-0.4, -0.2) is 20.9 Å². The van der Waals surface area contributed by atoms with Crippen molar-refractivity contribution in [3.05, 3.63) is 40.1 Å². The van der Waals surface area contributed by atoms with Gasteiger partial charge in [0.05, 0.1) is 22.6 Å². The summed E-state index contributed by atoms with van der Waals surface area (Å²) in [6, 6.07) is 4.61. The van der Waals surface area contributed by atoms with E-state index < -0.39 is 0 Å². The highest BCUT2D eigenvalue weighted by molar-refractivity contribution is 6.35. The van der Waals surface area contributed by atoms with Crippen molar-refractivity contribution in [1.29, 1.82) is 0 Å². The fourth-order valence-corrected chi connectivity index (χ4v) is 1.87. The number of hydrogen-bond donors (Lipinski definition) is 2. The Hall–Kier alpha value is -1.63. The predicted molar refractivity (Wildman–Crippen MR) is 77.7 cm³/mol. The molecule has 0 aliphatic carbocycles. The molecule has 0 saturated heterocycles. The molecule has 1 amide bonds. The molecule has 0 saturated carbocycles. The molecule has 1 aromatic heterocycles. The van der Waals surface area contributed by atoms with E-state index in [1.807, 2.05) is 0 Å². The van der Waals surface area contributed by atoms with Gasteiger partial charge in [0.25, 0.3) is 0 Å². The number of benzene rings is 1. The number of nitrogens with one attached hydrogen (secondary N) is 1. The van der Waals surface area contributed by atoms with Crippen molar-refractivity contribution < 1.29 is 4.79 Å². The quantitative estimate of drug-likeness (QED) is 0.906. The van der Waals surface area contributed by atoms with Crippen LogP contribution in [0.15, 0.2) is 24.4 Å². The van der Waals surface area contributed by atoms with Crippen LogP contribution in [0.5, 0.6) is 0 Å². The first-order valence-electron chi connectivity index (χ1n) is 5.86. The van der Waals surface area contributed by atoms with Crippen LogP contribution in [0.2, 0.25) is 10.0 Å². The van der Waals surface area contributed by atoms with Crippen LogP contribution in [0.4, 0.5) is 5.69 Å². The molecule has 3 N–H and O–H groups in total. The van der Waals surface area contributed by atoms with E-state index in [0.29, 0.717) is 21.4 Å². The van der Waals surface area contributed by atoms with Gasteiger partial charge in [0.1, 0.15) is 6.54 Å². The number of nitrogens with two attached hydrogens (primary N) is 1. The van der Waals surface area contributed by atoms with Crippen molar-refractivity contribution in [2.75, 3.05) is 5.32 Å². The van der Waals surface area contributed by atoms with Crippen LogP contribution in [0, 0.1) is 0 Å². The summed E-state index contributed by atoms with van der Waals surface area (Å²) in [5.74, 6) is -0.282. The van der Waals surface area contributed by atoms with E-state index in [-0.39, 0.29) is 18.5 Å². The molecule has 0 aliphatic heterocycles. The molecule has 0 spiro atoms. The van der Waals surface area contributed by atoms with E-state index in [4.69, 9.17) is 28.9 Å². The third-order valence-electron chi connectivity index (χ3n) is 2.53. The highest BCUT2D eigenvalue weighted by Crippen LogP contribution is 2.25. The van der Waals surface area contributed by atoms with E-state index in [9.17, 15) is 4.79 Å². The smallest absolute Gasteiger partial charge is 0.246 e. The van der Waals surface area contributed by atoms with Crippen molar-refractivity contribution in [2.45, 2.75) is 19.5 Å². The Bertz CT molecular complexity index is 626. The second-order valence-corrected chi connectivity index (χ2v) is 5.15. The van der Waals surface area contributed by atoms with Gasteiger partial charge in [0, 0.05) is 11.1 Å². The molecule has 1 aromatic carbocycles. The molecule has 2 rings (SSSR count). The van der Waals surface area contributed by atoms with E-state index in [0.717, 1.165) is 0 Å². The summed E-state index contributed by atoms with van der Waals surface area (Å²) in [7, 11) is 0. The Labute approximate surface area is 125 Å². The second kappa shape index (κ2) is 6.21. The topological polar surface area (TPSA) is 85.8 Å².